The van der Waals surface area contributed by atoms with Gasteiger partial charge in [0.1, 0.15) is 0 Å². The number of hydrogen-bond acceptors (Lipinski definition) is 2. The molecule has 0 saturated carbocycles. The lowest BCUT2D eigenvalue weighted by molar-refractivity contribution is -0.143. The van der Waals surface area contributed by atoms with E-state index in [2.05, 4.69) is 19.1 Å². The zero-order valence-corrected chi connectivity index (χ0v) is 10.1. The van der Waals surface area contributed by atoms with E-state index < -0.39 is 0 Å². The van der Waals surface area contributed by atoms with Crippen LogP contribution < -0.4 is 0 Å². The molecule has 1 aromatic rings. The number of rotatable bonds is 6. The Bertz CT molecular complexity index is 306. The Morgan fingerprint density at radius 3 is 2.62 bits per heavy atom. The third-order valence-electron chi connectivity index (χ3n) is 2.64. The molecule has 0 saturated heterocycles. The summed E-state index contributed by atoms with van der Waals surface area (Å²) in [5, 5.41) is 0. The van der Waals surface area contributed by atoms with Crippen LogP contribution in [0.5, 0.6) is 0 Å². The van der Waals surface area contributed by atoms with Crippen LogP contribution in [0.1, 0.15) is 44.6 Å². The predicted molar refractivity (Wildman–Crippen MR) is 65.3 cm³/mol. The zero-order chi connectivity index (χ0) is 11.8. The van der Waals surface area contributed by atoms with E-state index in [1.165, 1.54) is 5.56 Å². The second-order valence-corrected chi connectivity index (χ2v) is 4.07. The minimum absolute atomic E-state index is 0.0808. The van der Waals surface area contributed by atoms with Gasteiger partial charge < -0.3 is 4.74 Å². The Hall–Kier alpha value is -1.31. The van der Waals surface area contributed by atoms with Gasteiger partial charge in [-0.25, -0.2) is 0 Å². The Kier molecular flexibility index (Phi) is 5.62. The van der Waals surface area contributed by atoms with Gasteiger partial charge in [0.2, 0.25) is 0 Å². The fourth-order valence-corrected chi connectivity index (χ4v) is 1.57. The highest BCUT2D eigenvalue weighted by Gasteiger charge is 2.06. The predicted octanol–water partition coefficient (Wildman–Crippen LogP) is 3.52. The summed E-state index contributed by atoms with van der Waals surface area (Å²) < 4.78 is 5.14. The normalized spacial score (nSPS) is 12.1. The molecule has 0 bridgehead atoms. The molecule has 0 amide bonds. The average Bonchev–Trinajstić information content (AvgIpc) is 2.30. The number of carbonyl (C=O) groups is 1. The molecule has 2 heteroatoms. The Morgan fingerprint density at radius 1 is 1.31 bits per heavy atom. The number of carbonyl (C=O) groups excluding carboxylic acids is 1. The summed E-state index contributed by atoms with van der Waals surface area (Å²) in [4.78, 5) is 11.1. The van der Waals surface area contributed by atoms with Crippen molar-refractivity contribution in [1.29, 1.82) is 0 Å². The standard InChI is InChI=1S/C14H20O2/c1-3-7-14(15)16-11-10-12(2)13-8-5-4-6-9-13/h4-6,8-9,12H,3,7,10-11H2,1-2H3. The minimum Gasteiger partial charge on any atom is -0.466 e. The van der Waals surface area contributed by atoms with Gasteiger partial charge in [0, 0.05) is 6.42 Å². The summed E-state index contributed by atoms with van der Waals surface area (Å²) in [6.45, 7) is 4.66. The Morgan fingerprint density at radius 2 is 2.00 bits per heavy atom. The second-order valence-electron chi connectivity index (χ2n) is 4.07. The van der Waals surface area contributed by atoms with Crippen LogP contribution in [-0.2, 0) is 9.53 Å². The molecule has 0 fully saturated rings. The van der Waals surface area contributed by atoms with Crippen molar-refractivity contribution < 1.29 is 9.53 Å². The maximum Gasteiger partial charge on any atom is 0.305 e. The molecular weight excluding hydrogens is 200 g/mol. The van der Waals surface area contributed by atoms with Crippen LogP contribution in [0.15, 0.2) is 30.3 Å². The van der Waals surface area contributed by atoms with E-state index in [1.807, 2.05) is 25.1 Å². The van der Waals surface area contributed by atoms with Gasteiger partial charge in [-0.3, -0.25) is 4.79 Å². The molecule has 2 nitrogen and oxygen atoms in total. The van der Waals surface area contributed by atoms with E-state index in [1.54, 1.807) is 0 Å². The zero-order valence-electron chi connectivity index (χ0n) is 10.1. The van der Waals surface area contributed by atoms with Crippen molar-refractivity contribution in [2.75, 3.05) is 6.61 Å². The minimum atomic E-state index is -0.0808. The van der Waals surface area contributed by atoms with Crippen LogP contribution >= 0.6 is 0 Å². The summed E-state index contributed by atoms with van der Waals surface area (Å²) in [7, 11) is 0. The topological polar surface area (TPSA) is 26.3 Å². The molecule has 0 aromatic heterocycles. The van der Waals surface area contributed by atoms with E-state index in [9.17, 15) is 4.79 Å². The summed E-state index contributed by atoms with van der Waals surface area (Å²) in [6, 6.07) is 10.3. The SMILES string of the molecule is CCCC(=O)OCCC(C)c1ccccc1. The molecule has 0 radical (unpaired) electrons. The Balaban J connectivity index is 2.26. The highest BCUT2D eigenvalue weighted by Crippen LogP contribution is 2.18. The van der Waals surface area contributed by atoms with Crippen molar-refractivity contribution in [3.8, 4) is 0 Å². The van der Waals surface area contributed by atoms with E-state index in [4.69, 9.17) is 4.74 Å². The molecule has 0 aliphatic rings. The number of esters is 1. The van der Waals surface area contributed by atoms with Crippen LogP contribution in [-0.4, -0.2) is 12.6 Å². The van der Waals surface area contributed by atoms with Gasteiger partial charge in [0.05, 0.1) is 6.61 Å². The molecule has 88 valence electrons. The second kappa shape index (κ2) is 7.04. The van der Waals surface area contributed by atoms with Crippen LogP contribution in [0.2, 0.25) is 0 Å². The molecule has 0 N–H and O–H groups in total. The number of benzene rings is 1. The summed E-state index contributed by atoms with van der Waals surface area (Å²) in [5.74, 6) is 0.360. The molecule has 16 heavy (non-hydrogen) atoms. The molecule has 1 unspecified atom stereocenters. The van der Waals surface area contributed by atoms with Crippen molar-refractivity contribution in [3.63, 3.8) is 0 Å². The van der Waals surface area contributed by atoms with E-state index >= 15 is 0 Å². The quantitative estimate of drug-likeness (QED) is 0.686. The molecule has 1 rings (SSSR count). The summed E-state index contributed by atoms with van der Waals surface area (Å²) in [6.07, 6.45) is 2.27. The molecular formula is C14H20O2. The van der Waals surface area contributed by atoms with Gasteiger partial charge in [-0.1, -0.05) is 44.2 Å². The lowest BCUT2D eigenvalue weighted by Gasteiger charge is -2.11. The van der Waals surface area contributed by atoms with Crippen molar-refractivity contribution in [2.45, 2.75) is 39.0 Å². The summed E-state index contributed by atoms with van der Waals surface area (Å²) in [5.41, 5.74) is 1.30. The van der Waals surface area contributed by atoms with Crippen molar-refractivity contribution in [2.24, 2.45) is 0 Å². The van der Waals surface area contributed by atoms with Crippen LogP contribution in [0, 0.1) is 0 Å². The molecule has 0 heterocycles. The van der Waals surface area contributed by atoms with Crippen molar-refractivity contribution in [1.82, 2.24) is 0 Å². The van der Waals surface area contributed by atoms with E-state index in [0.717, 1.165) is 12.8 Å². The average molecular weight is 220 g/mol. The largest absolute Gasteiger partial charge is 0.466 e. The first-order chi connectivity index (χ1) is 7.74. The van der Waals surface area contributed by atoms with Crippen LogP contribution in [0.25, 0.3) is 0 Å². The molecule has 1 aromatic carbocycles. The van der Waals surface area contributed by atoms with Crippen molar-refractivity contribution >= 4 is 5.97 Å². The first kappa shape index (κ1) is 12.8. The fraction of sp³-hybridized carbons (Fsp3) is 0.500. The Labute approximate surface area is 97.6 Å². The third-order valence-corrected chi connectivity index (χ3v) is 2.64. The first-order valence-electron chi connectivity index (χ1n) is 5.94. The lowest BCUT2D eigenvalue weighted by atomic mass is 9.98. The number of hydrogen-bond donors (Lipinski definition) is 0. The van der Waals surface area contributed by atoms with Gasteiger partial charge in [-0.2, -0.15) is 0 Å². The third kappa shape index (κ3) is 4.47. The maximum absolute atomic E-state index is 11.1. The van der Waals surface area contributed by atoms with Crippen LogP contribution in [0.4, 0.5) is 0 Å². The smallest absolute Gasteiger partial charge is 0.305 e. The van der Waals surface area contributed by atoms with Gasteiger partial charge >= 0.3 is 5.97 Å². The lowest BCUT2D eigenvalue weighted by Crippen LogP contribution is -2.07. The van der Waals surface area contributed by atoms with E-state index in [0.29, 0.717) is 18.9 Å². The van der Waals surface area contributed by atoms with Gasteiger partial charge in [0.15, 0.2) is 0 Å². The highest BCUT2D eigenvalue weighted by molar-refractivity contribution is 5.69. The highest BCUT2D eigenvalue weighted by atomic mass is 16.5. The van der Waals surface area contributed by atoms with Gasteiger partial charge in [0.25, 0.3) is 0 Å². The van der Waals surface area contributed by atoms with Gasteiger partial charge in [-0.15, -0.1) is 0 Å². The van der Waals surface area contributed by atoms with Crippen LogP contribution in [0.3, 0.4) is 0 Å². The monoisotopic (exact) mass is 220 g/mol. The van der Waals surface area contributed by atoms with E-state index in [-0.39, 0.29) is 5.97 Å². The summed E-state index contributed by atoms with van der Waals surface area (Å²) >= 11 is 0. The van der Waals surface area contributed by atoms with Crippen molar-refractivity contribution in [3.05, 3.63) is 35.9 Å². The molecule has 0 aliphatic heterocycles. The number of ether oxygens (including phenoxy) is 1. The molecule has 0 aliphatic carbocycles. The fourth-order valence-electron chi connectivity index (χ4n) is 1.57. The maximum atomic E-state index is 11.1. The van der Waals surface area contributed by atoms with Gasteiger partial charge in [-0.05, 0) is 24.3 Å². The molecule has 1 atom stereocenters. The molecule has 0 spiro atoms. The first-order valence-corrected chi connectivity index (χ1v) is 5.94.